The van der Waals surface area contributed by atoms with Crippen LogP contribution >= 0.6 is 0 Å². The van der Waals surface area contributed by atoms with E-state index >= 15 is 0 Å². The van der Waals surface area contributed by atoms with E-state index in [1.807, 2.05) is 6.07 Å². The molecule has 2 nitrogen and oxygen atoms in total. The molecule has 1 atom stereocenters. The van der Waals surface area contributed by atoms with Crippen LogP contribution in [-0.4, -0.2) is 11.1 Å². The van der Waals surface area contributed by atoms with Crippen LogP contribution in [0.15, 0.2) is 30.3 Å². The highest BCUT2D eigenvalue weighted by atomic mass is 16.4. The van der Waals surface area contributed by atoms with Crippen LogP contribution < -0.4 is 0 Å². The smallest absolute Gasteiger partial charge is 0.303 e. The summed E-state index contributed by atoms with van der Waals surface area (Å²) in [5.74, 6) is -0.281. The predicted octanol–water partition coefficient (Wildman–Crippen LogP) is 8.12. The second-order valence-electron chi connectivity index (χ2n) is 8.07. The number of carboxylic acid groups (broad SMARTS) is 1. The van der Waals surface area contributed by atoms with Gasteiger partial charge in [0.1, 0.15) is 0 Å². The monoisotopic (exact) mass is 374 g/mol. The largest absolute Gasteiger partial charge is 0.481 e. The lowest BCUT2D eigenvalue weighted by Crippen LogP contribution is -2.03. The van der Waals surface area contributed by atoms with Crippen molar-refractivity contribution >= 4 is 5.97 Å². The highest BCUT2D eigenvalue weighted by molar-refractivity contribution is 5.66. The van der Waals surface area contributed by atoms with Gasteiger partial charge in [-0.05, 0) is 24.3 Å². The second-order valence-corrected chi connectivity index (χ2v) is 8.07. The molecule has 1 aromatic rings. The van der Waals surface area contributed by atoms with E-state index in [2.05, 4.69) is 31.2 Å². The summed E-state index contributed by atoms with van der Waals surface area (Å²) >= 11 is 0. The fraction of sp³-hybridized carbons (Fsp3) is 0.720. The van der Waals surface area contributed by atoms with Crippen molar-refractivity contribution in [1.29, 1.82) is 0 Å². The van der Waals surface area contributed by atoms with Crippen molar-refractivity contribution in [1.82, 2.24) is 0 Å². The number of carbonyl (C=O) groups is 1. The Morgan fingerprint density at radius 2 is 1.22 bits per heavy atom. The average molecular weight is 375 g/mol. The van der Waals surface area contributed by atoms with Gasteiger partial charge in [-0.15, -0.1) is 0 Å². The molecular formula is C25H42O2. The quantitative estimate of drug-likeness (QED) is 0.263. The molecule has 2 heteroatoms. The van der Waals surface area contributed by atoms with Crippen LogP contribution in [0.1, 0.15) is 121 Å². The van der Waals surface area contributed by atoms with E-state index in [1.165, 1.54) is 89.0 Å². The Bertz CT molecular complexity index is 455. The Kier molecular flexibility index (Phi) is 14.8. The topological polar surface area (TPSA) is 37.3 Å². The standard InChI is InChI=1S/C25H42O2/c1-2-3-4-5-6-7-8-9-10-11-12-13-15-20-24(21-22-25(26)27)23-18-16-14-17-19-23/h14,16-19,24H,2-13,15,20-22H2,1H3,(H,26,27). The Balaban J connectivity index is 2.03. The number of rotatable bonds is 18. The van der Waals surface area contributed by atoms with Gasteiger partial charge in [-0.1, -0.05) is 121 Å². The van der Waals surface area contributed by atoms with Crippen molar-refractivity contribution in [3.63, 3.8) is 0 Å². The van der Waals surface area contributed by atoms with Gasteiger partial charge in [0.15, 0.2) is 0 Å². The average Bonchev–Trinajstić information content (AvgIpc) is 2.68. The lowest BCUT2D eigenvalue weighted by Gasteiger charge is -2.16. The van der Waals surface area contributed by atoms with Gasteiger partial charge in [0.05, 0.1) is 0 Å². The van der Waals surface area contributed by atoms with E-state index in [9.17, 15) is 4.79 Å². The predicted molar refractivity (Wildman–Crippen MR) is 116 cm³/mol. The molecule has 0 aliphatic rings. The Labute approximate surface area is 167 Å². The van der Waals surface area contributed by atoms with Crippen LogP contribution in [0.25, 0.3) is 0 Å². The van der Waals surface area contributed by atoms with Crippen LogP contribution in [0.2, 0.25) is 0 Å². The summed E-state index contributed by atoms with van der Waals surface area (Å²) in [6, 6.07) is 10.5. The minimum Gasteiger partial charge on any atom is -0.481 e. The molecule has 0 spiro atoms. The molecule has 1 unspecified atom stereocenters. The minimum atomic E-state index is -0.679. The highest BCUT2D eigenvalue weighted by Gasteiger charge is 2.12. The third-order valence-corrected chi connectivity index (χ3v) is 5.63. The lowest BCUT2D eigenvalue weighted by atomic mass is 9.89. The molecule has 0 amide bonds. The zero-order valence-electron chi connectivity index (χ0n) is 17.6. The molecule has 0 aliphatic carbocycles. The number of hydrogen-bond acceptors (Lipinski definition) is 1. The maximum absolute atomic E-state index is 10.9. The molecule has 0 radical (unpaired) electrons. The van der Waals surface area contributed by atoms with Crippen molar-refractivity contribution in [3.05, 3.63) is 35.9 Å². The van der Waals surface area contributed by atoms with Gasteiger partial charge in [-0.3, -0.25) is 4.79 Å². The number of aliphatic carboxylic acids is 1. The first-order valence-corrected chi connectivity index (χ1v) is 11.5. The van der Waals surface area contributed by atoms with Crippen LogP contribution in [0.5, 0.6) is 0 Å². The van der Waals surface area contributed by atoms with Gasteiger partial charge in [0.25, 0.3) is 0 Å². The first kappa shape index (κ1) is 23.7. The molecule has 154 valence electrons. The third-order valence-electron chi connectivity index (χ3n) is 5.63. The summed E-state index contributed by atoms with van der Waals surface area (Å²) in [4.78, 5) is 10.9. The summed E-state index contributed by atoms with van der Waals surface area (Å²) in [5.41, 5.74) is 1.30. The fourth-order valence-electron chi connectivity index (χ4n) is 3.91. The number of benzene rings is 1. The summed E-state index contributed by atoms with van der Waals surface area (Å²) < 4.78 is 0. The van der Waals surface area contributed by atoms with E-state index in [4.69, 9.17) is 5.11 Å². The van der Waals surface area contributed by atoms with Crippen molar-refractivity contribution in [2.45, 2.75) is 116 Å². The SMILES string of the molecule is CCCCCCCCCCCCCCCC(CCC(=O)O)c1ccccc1. The van der Waals surface area contributed by atoms with Gasteiger partial charge in [-0.25, -0.2) is 0 Å². The number of unbranched alkanes of at least 4 members (excludes halogenated alkanes) is 12. The summed E-state index contributed by atoms with van der Waals surface area (Å²) in [5, 5.41) is 8.99. The molecule has 1 N–H and O–H groups in total. The Hall–Kier alpha value is -1.31. The normalized spacial score (nSPS) is 12.2. The van der Waals surface area contributed by atoms with Crippen LogP contribution in [0, 0.1) is 0 Å². The van der Waals surface area contributed by atoms with E-state index in [0.717, 1.165) is 12.8 Å². The summed E-state index contributed by atoms with van der Waals surface area (Å²) in [7, 11) is 0. The van der Waals surface area contributed by atoms with E-state index in [0.29, 0.717) is 5.92 Å². The maximum Gasteiger partial charge on any atom is 0.303 e. The van der Waals surface area contributed by atoms with Gasteiger partial charge in [-0.2, -0.15) is 0 Å². The van der Waals surface area contributed by atoms with Gasteiger partial charge in [0.2, 0.25) is 0 Å². The second kappa shape index (κ2) is 16.8. The highest BCUT2D eigenvalue weighted by Crippen LogP contribution is 2.27. The van der Waals surface area contributed by atoms with Crippen LogP contribution in [0.3, 0.4) is 0 Å². The molecule has 0 aromatic heterocycles. The third kappa shape index (κ3) is 13.5. The van der Waals surface area contributed by atoms with Crippen molar-refractivity contribution in [2.75, 3.05) is 0 Å². The van der Waals surface area contributed by atoms with Crippen molar-refractivity contribution in [3.8, 4) is 0 Å². The minimum absolute atomic E-state index is 0.276. The van der Waals surface area contributed by atoms with Crippen molar-refractivity contribution in [2.24, 2.45) is 0 Å². The summed E-state index contributed by atoms with van der Waals surface area (Å²) in [6.07, 6.45) is 20.0. The van der Waals surface area contributed by atoms with Gasteiger partial charge in [0, 0.05) is 6.42 Å². The molecule has 0 heterocycles. The number of hydrogen-bond donors (Lipinski definition) is 1. The van der Waals surface area contributed by atoms with Gasteiger partial charge < -0.3 is 5.11 Å². The molecule has 1 aromatic carbocycles. The van der Waals surface area contributed by atoms with Crippen LogP contribution in [0.4, 0.5) is 0 Å². The summed E-state index contributed by atoms with van der Waals surface area (Å²) in [6.45, 7) is 2.28. The zero-order valence-corrected chi connectivity index (χ0v) is 17.6. The number of carboxylic acids is 1. The molecule has 0 saturated heterocycles. The van der Waals surface area contributed by atoms with E-state index < -0.39 is 5.97 Å². The molecule has 27 heavy (non-hydrogen) atoms. The molecule has 0 saturated carbocycles. The Morgan fingerprint density at radius 1 is 0.741 bits per heavy atom. The van der Waals surface area contributed by atoms with E-state index in [1.54, 1.807) is 0 Å². The maximum atomic E-state index is 10.9. The zero-order chi connectivity index (χ0) is 19.6. The van der Waals surface area contributed by atoms with Crippen LogP contribution in [-0.2, 0) is 4.79 Å². The van der Waals surface area contributed by atoms with E-state index in [-0.39, 0.29) is 6.42 Å². The molecular weight excluding hydrogens is 332 g/mol. The molecule has 0 aliphatic heterocycles. The first-order chi connectivity index (χ1) is 13.2. The molecule has 0 fully saturated rings. The van der Waals surface area contributed by atoms with Crippen molar-refractivity contribution < 1.29 is 9.90 Å². The lowest BCUT2D eigenvalue weighted by molar-refractivity contribution is -0.137. The first-order valence-electron chi connectivity index (χ1n) is 11.5. The Morgan fingerprint density at radius 3 is 1.70 bits per heavy atom. The fourth-order valence-corrected chi connectivity index (χ4v) is 3.91. The van der Waals surface area contributed by atoms with Gasteiger partial charge >= 0.3 is 5.97 Å². The molecule has 1 rings (SSSR count). The molecule has 0 bridgehead atoms.